The predicted octanol–water partition coefficient (Wildman–Crippen LogP) is 3.77. The molecule has 0 unspecified atom stereocenters. The number of ether oxygens (including phenoxy) is 2. The van der Waals surface area contributed by atoms with E-state index in [-0.39, 0.29) is 0 Å². The van der Waals surface area contributed by atoms with Gasteiger partial charge >= 0.3 is 11.4 Å². The van der Waals surface area contributed by atoms with Crippen LogP contribution in [0.2, 0.25) is 0 Å². The summed E-state index contributed by atoms with van der Waals surface area (Å²) in [4.78, 5) is 11.5. The van der Waals surface area contributed by atoms with Gasteiger partial charge in [-0.25, -0.2) is 4.79 Å². The number of esters is 1. The Bertz CT molecular complexity index is 510. The fraction of sp³-hybridized carbons (Fsp3) is 0.357. The van der Waals surface area contributed by atoms with Crippen molar-refractivity contribution in [1.82, 2.24) is 0 Å². The molecule has 0 aromatic heterocycles. The average molecular weight is 320 g/mol. The summed E-state index contributed by atoms with van der Waals surface area (Å²) in [5.74, 6) is -0.329. The summed E-state index contributed by atoms with van der Waals surface area (Å²) >= 11 is 4.99. The Morgan fingerprint density at radius 2 is 1.90 bits per heavy atom. The molecule has 0 spiro atoms. The Kier molecular flexibility index (Phi) is 5.96. The molecule has 0 saturated heterocycles. The summed E-state index contributed by atoms with van der Waals surface area (Å²) in [5.41, 5.74) is -0.431. The van der Waals surface area contributed by atoms with Crippen molar-refractivity contribution in [3.63, 3.8) is 0 Å². The minimum Gasteiger partial charge on any atom is -0.497 e. The number of carbonyl (C=O) groups is 1. The number of hydrogen-bond acceptors (Lipinski definition) is 4. The minimum absolute atomic E-state index is 0.333. The van der Waals surface area contributed by atoms with Crippen molar-refractivity contribution in [2.45, 2.75) is 25.3 Å². The molecular weight excluding hydrogens is 304 g/mol. The summed E-state index contributed by atoms with van der Waals surface area (Å²) in [6.07, 6.45) is 0.219. The number of halogens is 3. The number of nitrogens with one attached hydrogen (secondary N) is 1. The lowest BCUT2D eigenvalue weighted by Gasteiger charge is -2.16. The Balaban J connectivity index is 2.93. The van der Waals surface area contributed by atoms with Gasteiger partial charge in [0.2, 0.25) is 0 Å². The van der Waals surface area contributed by atoms with Gasteiger partial charge in [-0.2, -0.15) is 8.78 Å². The molecule has 116 valence electrons. The average Bonchev–Trinajstić information content (AvgIpc) is 2.36. The standard InChI is InChI=1S/C14H16ClF2NO3/c1-9(2)21-13(19)8-12(14(15,16)17)18-10-4-6-11(20-3)7-5-10/h4-9,18H,1-3H3/b12-8+. The molecule has 0 radical (unpaired) electrons. The third kappa shape index (κ3) is 5.99. The molecule has 0 aliphatic rings. The molecule has 0 saturated carbocycles. The Labute approximate surface area is 126 Å². The number of alkyl halides is 3. The lowest BCUT2D eigenvalue weighted by Crippen LogP contribution is -2.21. The Morgan fingerprint density at radius 1 is 1.33 bits per heavy atom. The van der Waals surface area contributed by atoms with Crippen LogP contribution < -0.4 is 10.1 Å². The summed E-state index contributed by atoms with van der Waals surface area (Å²) in [7, 11) is 1.49. The number of anilines is 1. The first kappa shape index (κ1) is 17.2. The van der Waals surface area contributed by atoms with Gasteiger partial charge in [-0.05, 0) is 49.7 Å². The van der Waals surface area contributed by atoms with Crippen molar-refractivity contribution in [2.24, 2.45) is 0 Å². The van der Waals surface area contributed by atoms with Gasteiger partial charge < -0.3 is 14.8 Å². The van der Waals surface area contributed by atoms with E-state index in [1.165, 1.54) is 19.2 Å². The third-order valence-corrected chi connectivity index (χ3v) is 2.49. The Morgan fingerprint density at radius 3 is 2.33 bits per heavy atom. The van der Waals surface area contributed by atoms with Crippen molar-refractivity contribution < 1.29 is 23.0 Å². The van der Waals surface area contributed by atoms with Crippen LogP contribution in [0.3, 0.4) is 0 Å². The summed E-state index contributed by atoms with van der Waals surface area (Å²) in [5, 5.41) is -1.33. The topological polar surface area (TPSA) is 47.6 Å². The lowest BCUT2D eigenvalue weighted by atomic mass is 10.3. The highest BCUT2D eigenvalue weighted by molar-refractivity contribution is 6.24. The Hall–Kier alpha value is -1.82. The van der Waals surface area contributed by atoms with Crippen LogP contribution in [0, 0.1) is 0 Å². The zero-order valence-corrected chi connectivity index (χ0v) is 12.6. The number of hydrogen-bond donors (Lipinski definition) is 1. The van der Waals surface area contributed by atoms with Crippen LogP contribution in [-0.2, 0) is 9.53 Å². The van der Waals surface area contributed by atoms with Crippen LogP contribution in [0.5, 0.6) is 5.75 Å². The maximum atomic E-state index is 13.3. The maximum absolute atomic E-state index is 13.3. The second kappa shape index (κ2) is 7.26. The van der Waals surface area contributed by atoms with Crippen LogP contribution in [0.4, 0.5) is 14.5 Å². The van der Waals surface area contributed by atoms with E-state index < -0.39 is 23.2 Å². The molecule has 1 aromatic carbocycles. The maximum Gasteiger partial charge on any atom is 0.362 e. The van der Waals surface area contributed by atoms with Gasteiger partial charge in [0, 0.05) is 5.69 Å². The molecule has 0 amide bonds. The smallest absolute Gasteiger partial charge is 0.362 e. The fourth-order valence-corrected chi connectivity index (χ4v) is 1.50. The summed E-state index contributed by atoms with van der Waals surface area (Å²) < 4.78 is 36.4. The number of methoxy groups -OCH3 is 1. The molecule has 0 fully saturated rings. The molecule has 1 rings (SSSR count). The van der Waals surface area contributed by atoms with Crippen LogP contribution >= 0.6 is 11.6 Å². The highest BCUT2D eigenvalue weighted by Gasteiger charge is 2.32. The molecule has 0 bridgehead atoms. The molecule has 7 heteroatoms. The molecule has 1 aromatic rings. The normalized spacial score (nSPS) is 12.2. The number of carbonyl (C=O) groups excluding carboxylic acids is 1. The first-order chi connectivity index (χ1) is 9.72. The first-order valence-corrected chi connectivity index (χ1v) is 6.50. The number of rotatable bonds is 6. The van der Waals surface area contributed by atoms with E-state index in [0.717, 1.165) is 0 Å². The second-order valence-electron chi connectivity index (χ2n) is 4.39. The van der Waals surface area contributed by atoms with E-state index in [9.17, 15) is 13.6 Å². The van der Waals surface area contributed by atoms with E-state index in [2.05, 4.69) is 5.32 Å². The first-order valence-electron chi connectivity index (χ1n) is 6.13. The minimum atomic E-state index is -3.73. The van der Waals surface area contributed by atoms with Gasteiger partial charge in [-0.3, -0.25) is 0 Å². The van der Waals surface area contributed by atoms with E-state index in [1.807, 2.05) is 0 Å². The molecule has 0 aliphatic heterocycles. The van der Waals surface area contributed by atoms with E-state index in [4.69, 9.17) is 21.1 Å². The van der Waals surface area contributed by atoms with Gasteiger partial charge in [0.15, 0.2) is 0 Å². The van der Waals surface area contributed by atoms with Crippen LogP contribution in [0.1, 0.15) is 13.8 Å². The molecule has 1 N–H and O–H groups in total. The van der Waals surface area contributed by atoms with Gasteiger partial charge in [0.1, 0.15) is 11.4 Å². The van der Waals surface area contributed by atoms with E-state index >= 15 is 0 Å². The van der Waals surface area contributed by atoms with Crippen molar-refractivity contribution in [3.05, 3.63) is 36.0 Å². The van der Waals surface area contributed by atoms with Crippen molar-refractivity contribution in [2.75, 3.05) is 12.4 Å². The monoisotopic (exact) mass is 319 g/mol. The molecule has 4 nitrogen and oxygen atoms in total. The van der Waals surface area contributed by atoms with Crippen molar-refractivity contribution in [1.29, 1.82) is 0 Å². The van der Waals surface area contributed by atoms with E-state index in [1.54, 1.807) is 26.0 Å². The van der Waals surface area contributed by atoms with Gasteiger partial charge in [-0.1, -0.05) is 0 Å². The SMILES string of the molecule is COc1ccc(N/C(=C/C(=O)OC(C)C)C(F)(F)Cl)cc1. The quantitative estimate of drug-likeness (QED) is 0.492. The van der Waals surface area contributed by atoms with E-state index in [0.29, 0.717) is 17.5 Å². The van der Waals surface area contributed by atoms with Crippen molar-refractivity contribution in [3.8, 4) is 5.75 Å². The van der Waals surface area contributed by atoms with Gasteiger partial charge in [0.25, 0.3) is 0 Å². The molecule has 0 heterocycles. The molecular formula is C14H16ClF2NO3. The molecule has 21 heavy (non-hydrogen) atoms. The predicted molar refractivity (Wildman–Crippen MR) is 76.7 cm³/mol. The lowest BCUT2D eigenvalue weighted by molar-refractivity contribution is -0.141. The zero-order valence-electron chi connectivity index (χ0n) is 11.8. The van der Waals surface area contributed by atoms with Crippen LogP contribution in [0.15, 0.2) is 36.0 Å². The van der Waals surface area contributed by atoms with Gasteiger partial charge in [0.05, 0.1) is 19.3 Å². The number of allylic oxidation sites excluding steroid dienone is 1. The molecule has 0 aliphatic carbocycles. The summed E-state index contributed by atoms with van der Waals surface area (Å²) in [6.45, 7) is 3.22. The highest BCUT2D eigenvalue weighted by atomic mass is 35.5. The van der Waals surface area contributed by atoms with Crippen LogP contribution in [0.25, 0.3) is 0 Å². The number of benzene rings is 1. The van der Waals surface area contributed by atoms with Crippen LogP contribution in [-0.4, -0.2) is 24.6 Å². The zero-order chi connectivity index (χ0) is 16.0. The third-order valence-electron chi connectivity index (χ3n) is 2.29. The van der Waals surface area contributed by atoms with Crippen molar-refractivity contribution >= 4 is 23.3 Å². The fourth-order valence-electron chi connectivity index (χ4n) is 1.40. The largest absolute Gasteiger partial charge is 0.497 e. The second-order valence-corrected chi connectivity index (χ2v) is 4.87. The van der Waals surface area contributed by atoms with Gasteiger partial charge in [-0.15, -0.1) is 0 Å². The highest BCUT2D eigenvalue weighted by Crippen LogP contribution is 2.30. The molecule has 0 atom stereocenters. The summed E-state index contributed by atoms with van der Waals surface area (Å²) in [6, 6.07) is 6.20.